The van der Waals surface area contributed by atoms with Crippen LogP contribution in [-0.4, -0.2) is 22.0 Å². The van der Waals surface area contributed by atoms with Crippen molar-refractivity contribution in [2.24, 2.45) is 0 Å². The normalized spacial score (nSPS) is 16.3. The van der Waals surface area contributed by atoms with Crippen LogP contribution in [0.4, 0.5) is 0 Å². The number of fused-ring (bicyclic) bond motifs is 3. The van der Waals surface area contributed by atoms with E-state index in [1.165, 1.54) is 0 Å². The van der Waals surface area contributed by atoms with E-state index in [1.807, 2.05) is 61.7 Å². The molecule has 1 aromatic heterocycles. The molecule has 0 spiro atoms. The predicted octanol–water partition coefficient (Wildman–Crippen LogP) is 4.75. The number of benzene rings is 2. The van der Waals surface area contributed by atoms with Gasteiger partial charge in [-0.25, -0.2) is 4.79 Å². The molecule has 1 aliphatic rings. The molecule has 138 valence electrons. The van der Waals surface area contributed by atoms with Crippen LogP contribution < -0.4 is 0 Å². The van der Waals surface area contributed by atoms with Gasteiger partial charge in [0.1, 0.15) is 6.04 Å². The molecule has 5 heteroatoms. The van der Waals surface area contributed by atoms with Crippen molar-refractivity contribution in [3.63, 3.8) is 0 Å². The van der Waals surface area contributed by atoms with E-state index in [0.29, 0.717) is 24.7 Å². The zero-order chi connectivity index (χ0) is 18.8. The third-order valence-corrected chi connectivity index (χ3v) is 5.26. The van der Waals surface area contributed by atoms with Crippen molar-refractivity contribution in [1.82, 2.24) is 9.47 Å². The first-order chi connectivity index (χ1) is 13.2. The second-order valence-corrected chi connectivity index (χ2v) is 6.99. The van der Waals surface area contributed by atoms with Crippen LogP contribution in [0.5, 0.6) is 0 Å². The van der Waals surface area contributed by atoms with Crippen LogP contribution in [0.3, 0.4) is 0 Å². The molecule has 0 saturated heterocycles. The van der Waals surface area contributed by atoms with Gasteiger partial charge in [0.2, 0.25) is 0 Å². The summed E-state index contributed by atoms with van der Waals surface area (Å²) in [6.07, 6.45) is 2.00. The van der Waals surface area contributed by atoms with E-state index in [1.54, 1.807) is 0 Å². The number of hydrogen-bond acceptors (Lipinski definition) is 3. The van der Waals surface area contributed by atoms with E-state index in [4.69, 9.17) is 16.3 Å². The summed E-state index contributed by atoms with van der Waals surface area (Å²) in [5.41, 5.74) is 4.15. The van der Waals surface area contributed by atoms with Crippen LogP contribution in [0.2, 0.25) is 5.02 Å². The standard InChI is InChI=1S/C22H21ClN2O2/c1-2-27-22(26)21-20-12-7-13-25(20)19-11-6-4-9-17(19)15-24(21)14-16-8-3-5-10-18(16)23/h3-13,21H,2,14-15H2,1H3. The Kier molecular flexibility index (Phi) is 5.01. The minimum Gasteiger partial charge on any atom is -0.465 e. The lowest BCUT2D eigenvalue weighted by atomic mass is 10.1. The molecule has 0 aliphatic carbocycles. The number of nitrogens with zero attached hydrogens (tertiary/aromatic N) is 2. The lowest BCUT2D eigenvalue weighted by molar-refractivity contribution is -0.150. The second-order valence-electron chi connectivity index (χ2n) is 6.58. The molecule has 27 heavy (non-hydrogen) atoms. The molecule has 0 bridgehead atoms. The molecular formula is C22H21ClN2O2. The number of halogens is 1. The molecule has 0 fully saturated rings. The molecular weight excluding hydrogens is 360 g/mol. The second kappa shape index (κ2) is 7.59. The van der Waals surface area contributed by atoms with Crippen LogP contribution >= 0.6 is 11.6 Å². The third-order valence-electron chi connectivity index (χ3n) is 4.89. The summed E-state index contributed by atoms with van der Waals surface area (Å²) in [5.74, 6) is -0.239. The Bertz CT molecular complexity index is 966. The third kappa shape index (κ3) is 3.38. The van der Waals surface area contributed by atoms with Crippen molar-refractivity contribution in [2.45, 2.75) is 26.1 Å². The van der Waals surface area contributed by atoms with Gasteiger partial charge in [-0.15, -0.1) is 0 Å². The topological polar surface area (TPSA) is 34.5 Å². The van der Waals surface area contributed by atoms with Gasteiger partial charge >= 0.3 is 5.97 Å². The first-order valence-electron chi connectivity index (χ1n) is 9.08. The molecule has 4 nitrogen and oxygen atoms in total. The molecule has 0 saturated carbocycles. The lowest BCUT2D eigenvalue weighted by Gasteiger charge is -2.28. The minimum atomic E-state index is -0.497. The molecule has 2 heterocycles. The Hall–Kier alpha value is -2.56. The first-order valence-corrected chi connectivity index (χ1v) is 9.46. The van der Waals surface area contributed by atoms with Crippen molar-refractivity contribution in [2.75, 3.05) is 6.61 Å². The number of rotatable bonds is 4. The summed E-state index contributed by atoms with van der Waals surface area (Å²) >= 11 is 6.40. The Balaban J connectivity index is 1.82. The van der Waals surface area contributed by atoms with Crippen molar-refractivity contribution in [1.29, 1.82) is 0 Å². The first kappa shape index (κ1) is 17.8. The van der Waals surface area contributed by atoms with Gasteiger partial charge in [0.05, 0.1) is 12.3 Å². The highest BCUT2D eigenvalue weighted by Crippen LogP contribution is 2.34. The zero-order valence-electron chi connectivity index (χ0n) is 15.1. The van der Waals surface area contributed by atoms with Crippen LogP contribution in [0.1, 0.15) is 29.8 Å². The lowest BCUT2D eigenvalue weighted by Crippen LogP contribution is -2.34. The average molecular weight is 381 g/mol. The Morgan fingerprint density at radius 1 is 1.11 bits per heavy atom. The van der Waals surface area contributed by atoms with E-state index >= 15 is 0 Å². The molecule has 2 aromatic carbocycles. The maximum absolute atomic E-state index is 12.9. The highest BCUT2D eigenvalue weighted by Gasteiger charge is 2.34. The van der Waals surface area contributed by atoms with Gasteiger partial charge in [0.25, 0.3) is 0 Å². The molecule has 1 unspecified atom stereocenters. The molecule has 0 amide bonds. The van der Waals surface area contributed by atoms with Crippen molar-refractivity contribution in [3.8, 4) is 5.69 Å². The number of para-hydroxylation sites is 1. The number of carbonyl (C=O) groups excluding carboxylic acids is 1. The summed E-state index contributed by atoms with van der Waals surface area (Å²) in [6, 6.07) is 19.5. The van der Waals surface area contributed by atoms with Gasteiger partial charge in [-0.05, 0) is 42.3 Å². The maximum atomic E-state index is 12.9. The highest BCUT2D eigenvalue weighted by atomic mass is 35.5. The van der Waals surface area contributed by atoms with E-state index in [0.717, 1.165) is 22.5 Å². The quantitative estimate of drug-likeness (QED) is 0.612. The smallest absolute Gasteiger partial charge is 0.329 e. The zero-order valence-corrected chi connectivity index (χ0v) is 15.9. The van der Waals surface area contributed by atoms with Crippen LogP contribution in [0.25, 0.3) is 5.69 Å². The predicted molar refractivity (Wildman–Crippen MR) is 106 cm³/mol. The summed E-state index contributed by atoms with van der Waals surface area (Å²) < 4.78 is 7.52. The fourth-order valence-corrected chi connectivity index (χ4v) is 3.89. The Morgan fingerprint density at radius 2 is 1.89 bits per heavy atom. The van der Waals surface area contributed by atoms with E-state index in [2.05, 4.69) is 21.6 Å². The minimum absolute atomic E-state index is 0.239. The fourth-order valence-electron chi connectivity index (χ4n) is 3.70. The van der Waals surface area contributed by atoms with Crippen molar-refractivity contribution < 1.29 is 9.53 Å². The fraction of sp³-hybridized carbons (Fsp3) is 0.227. The van der Waals surface area contributed by atoms with Gasteiger partial charge < -0.3 is 9.30 Å². The van der Waals surface area contributed by atoms with Gasteiger partial charge in [-0.2, -0.15) is 0 Å². The summed E-state index contributed by atoms with van der Waals surface area (Å²) in [4.78, 5) is 15.1. The molecule has 1 aliphatic heterocycles. The van der Waals surface area contributed by atoms with Gasteiger partial charge in [-0.3, -0.25) is 4.90 Å². The van der Waals surface area contributed by atoms with Gasteiger partial charge in [0, 0.05) is 30.0 Å². The number of aromatic nitrogens is 1. The largest absolute Gasteiger partial charge is 0.465 e. The monoisotopic (exact) mass is 380 g/mol. The molecule has 4 rings (SSSR count). The summed E-state index contributed by atoms with van der Waals surface area (Å²) in [7, 11) is 0. The molecule has 0 N–H and O–H groups in total. The number of ether oxygens (including phenoxy) is 1. The number of esters is 1. The molecule has 0 radical (unpaired) electrons. The number of hydrogen-bond donors (Lipinski definition) is 0. The number of carbonyl (C=O) groups is 1. The molecule has 1 atom stereocenters. The van der Waals surface area contributed by atoms with E-state index in [9.17, 15) is 4.79 Å². The maximum Gasteiger partial charge on any atom is 0.329 e. The van der Waals surface area contributed by atoms with Crippen molar-refractivity contribution in [3.05, 3.63) is 88.7 Å². The average Bonchev–Trinajstić information content (AvgIpc) is 3.09. The van der Waals surface area contributed by atoms with Gasteiger partial charge in [-0.1, -0.05) is 48.0 Å². The summed E-state index contributed by atoms with van der Waals surface area (Å²) in [6.45, 7) is 3.37. The van der Waals surface area contributed by atoms with Crippen LogP contribution in [0, 0.1) is 0 Å². The Morgan fingerprint density at radius 3 is 2.70 bits per heavy atom. The summed E-state index contributed by atoms with van der Waals surface area (Å²) in [5, 5.41) is 0.702. The SMILES string of the molecule is CCOC(=O)C1c2cccn2-c2ccccc2CN1Cc1ccccc1Cl. The van der Waals surface area contributed by atoms with Crippen LogP contribution in [-0.2, 0) is 22.6 Å². The Labute approximate surface area is 163 Å². The van der Waals surface area contributed by atoms with Crippen LogP contribution in [0.15, 0.2) is 66.9 Å². The van der Waals surface area contributed by atoms with E-state index < -0.39 is 6.04 Å². The highest BCUT2D eigenvalue weighted by molar-refractivity contribution is 6.31. The molecule has 3 aromatic rings. The van der Waals surface area contributed by atoms with E-state index in [-0.39, 0.29) is 5.97 Å². The van der Waals surface area contributed by atoms with Crippen molar-refractivity contribution >= 4 is 17.6 Å². The van der Waals surface area contributed by atoms with Gasteiger partial charge in [0.15, 0.2) is 0 Å².